The number of aliphatic hydroxyl groups is 1. The van der Waals surface area contributed by atoms with Crippen LogP contribution in [-0.4, -0.2) is 44.9 Å². The summed E-state index contributed by atoms with van der Waals surface area (Å²) in [7, 11) is 0. The second-order valence-corrected chi connectivity index (χ2v) is 6.50. The van der Waals surface area contributed by atoms with E-state index < -0.39 is 0 Å². The summed E-state index contributed by atoms with van der Waals surface area (Å²) in [5.74, 6) is -0.360. The van der Waals surface area contributed by atoms with Crippen molar-refractivity contribution in [3.05, 3.63) is 47.5 Å². The molecule has 128 valence electrons. The largest absolute Gasteiger partial charge is 0.396 e. The SMILES string of the molecule is Cc1cc(C(=O)N2CC(CO)CCC2C)nn1-c1cccc(F)c1. The highest BCUT2D eigenvalue weighted by Crippen LogP contribution is 2.24. The van der Waals surface area contributed by atoms with Crippen LogP contribution in [0.15, 0.2) is 30.3 Å². The second-order valence-electron chi connectivity index (χ2n) is 6.50. The molecule has 2 atom stereocenters. The summed E-state index contributed by atoms with van der Waals surface area (Å²) in [6.45, 7) is 4.49. The van der Waals surface area contributed by atoms with Crippen LogP contribution in [0.3, 0.4) is 0 Å². The number of aliphatic hydroxyl groups excluding tert-OH is 1. The topological polar surface area (TPSA) is 58.4 Å². The molecule has 2 heterocycles. The number of hydrogen-bond donors (Lipinski definition) is 1. The number of carbonyl (C=O) groups is 1. The van der Waals surface area contributed by atoms with Crippen LogP contribution in [0.1, 0.15) is 35.9 Å². The van der Waals surface area contributed by atoms with E-state index in [9.17, 15) is 14.3 Å². The van der Waals surface area contributed by atoms with Gasteiger partial charge < -0.3 is 10.0 Å². The van der Waals surface area contributed by atoms with Gasteiger partial charge in [0.25, 0.3) is 5.91 Å². The van der Waals surface area contributed by atoms with E-state index in [2.05, 4.69) is 5.10 Å². The van der Waals surface area contributed by atoms with Crippen LogP contribution >= 0.6 is 0 Å². The van der Waals surface area contributed by atoms with Gasteiger partial charge in [0, 0.05) is 24.9 Å². The summed E-state index contributed by atoms with van der Waals surface area (Å²) in [5.41, 5.74) is 1.71. The summed E-state index contributed by atoms with van der Waals surface area (Å²) in [6.07, 6.45) is 1.80. The Labute approximate surface area is 140 Å². The Hall–Kier alpha value is -2.21. The third kappa shape index (κ3) is 3.19. The quantitative estimate of drug-likeness (QED) is 0.940. The Morgan fingerprint density at radius 1 is 1.38 bits per heavy atom. The normalized spacial score (nSPS) is 21.1. The third-order valence-corrected chi connectivity index (χ3v) is 4.66. The zero-order chi connectivity index (χ0) is 17.3. The lowest BCUT2D eigenvalue weighted by atomic mass is 9.94. The number of nitrogens with zero attached hydrogens (tertiary/aromatic N) is 3. The van der Waals surface area contributed by atoms with Crippen LogP contribution in [0.2, 0.25) is 0 Å². The Morgan fingerprint density at radius 2 is 2.17 bits per heavy atom. The van der Waals surface area contributed by atoms with Gasteiger partial charge in [0.2, 0.25) is 0 Å². The molecule has 3 rings (SSSR count). The molecule has 2 unspecified atom stereocenters. The molecule has 1 aromatic heterocycles. The molecule has 1 aromatic carbocycles. The van der Waals surface area contributed by atoms with Gasteiger partial charge in [-0.15, -0.1) is 0 Å². The maximum atomic E-state index is 13.4. The molecule has 0 spiro atoms. The Morgan fingerprint density at radius 3 is 2.88 bits per heavy atom. The number of rotatable bonds is 3. The van der Waals surface area contributed by atoms with E-state index in [4.69, 9.17) is 0 Å². The minimum atomic E-state index is -0.342. The number of carbonyl (C=O) groups excluding carboxylic acids is 1. The van der Waals surface area contributed by atoms with Crippen LogP contribution in [-0.2, 0) is 0 Å². The summed E-state index contributed by atoms with van der Waals surface area (Å²) in [4.78, 5) is 14.6. The van der Waals surface area contributed by atoms with Crippen LogP contribution in [0.4, 0.5) is 4.39 Å². The highest BCUT2D eigenvalue weighted by atomic mass is 19.1. The van der Waals surface area contributed by atoms with Crippen molar-refractivity contribution >= 4 is 5.91 Å². The maximum Gasteiger partial charge on any atom is 0.274 e. The predicted octanol–water partition coefficient (Wildman–Crippen LogP) is 2.55. The number of halogens is 1. The smallest absolute Gasteiger partial charge is 0.274 e. The van der Waals surface area contributed by atoms with Crippen molar-refractivity contribution in [3.63, 3.8) is 0 Å². The Balaban J connectivity index is 1.87. The summed E-state index contributed by atoms with van der Waals surface area (Å²) in [5, 5.41) is 13.8. The Bertz CT molecular complexity index is 744. The van der Waals surface area contributed by atoms with Gasteiger partial charge >= 0.3 is 0 Å². The molecule has 1 aliphatic heterocycles. The summed E-state index contributed by atoms with van der Waals surface area (Å²) in [6, 6.07) is 7.98. The first kappa shape index (κ1) is 16.6. The fraction of sp³-hybridized carbons (Fsp3) is 0.444. The first-order valence-electron chi connectivity index (χ1n) is 8.24. The summed E-state index contributed by atoms with van der Waals surface area (Å²) >= 11 is 0. The summed E-state index contributed by atoms with van der Waals surface area (Å²) < 4.78 is 15.0. The lowest BCUT2D eigenvalue weighted by Gasteiger charge is -2.37. The van der Waals surface area contributed by atoms with E-state index in [-0.39, 0.29) is 30.3 Å². The number of likely N-dealkylation sites (tertiary alicyclic amines) is 1. The van der Waals surface area contributed by atoms with E-state index in [1.165, 1.54) is 12.1 Å². The molecule has 24 heavy (non-hydrogen) atoms. The highest BCUT2D eigenvalue weighted by molar-refractivity contribution is 5.92. The average molecular weight is 331 g/mol. The fourth-order valence-electron chi connectivity index (χ4n) is 3.21. The van der Waals surface area contributed by atoms with Crippen molar-refractivity contribution in [1.29, 1.82) is 0 Å². The zero-order valence-electron chi connectivity index (χ0n) is 13.9. The van der Waals surface area contributed by atoms with Crippen molar-refractivity contribution in [2.75, 3.05) is 13.2 Å². The zero-order valence-corrected chi connectivity index (χ0v) is 13.9. The van der Waals surface area contributed by atoms with Crippen molar-refractivity contribution in [3.8, 4) is 5.69 Å². The molecule has 0 aliphatic carbocycles. The van der Waals surface area contributed by atoms with E-state index in [1.54, 1.807) is 27.8 Å². The molecule has 0 radical (unpaired) electrons. The molecular formula is C18H22FN3O2. The van der Waals surface area contributed by atoms with Gasteiger partial charge in [-0.3, -0.25) is 4.79 Å². The van der Waals surface area contributed by atoms with E-state index in [0.29, 0.717) is 17.9 Å². The van der Waals surface area contributed by atoms with Crippen molar-refractivity contribution in [2.45, 2.75) is 32.7 Å². The van der Waals surface area contributed by atoms with Crippen LogP contribution in [0, 0.1) is 18.7 Å². The number of piperidine rings is 1. The first-order valence-corrected chi connectivity index (χ1v) is 8.24. The third-order valence-electron chi connectivity index (χ3n) is 4.66. The van der Waals surface area contributed by atoms with E-state index >= 15 is 0 Å². The minimum absolute atomic E-state index is 0.0905. The van der Waals surface area contributed by atoms with Crippen LogP contribution in [0.25, 0.3) is 5.69 Å². The van der Waals surface area contributed by atoms with Crippen molar-refractivity contribution in [2.24, 2.45) is 5.92 Å². The number of amides is 1. The van der Waals surface area contributed by atoms with Gasteiger partial charge in [-0.25, -0.2) is 9.07 Å². The van der Waals surface area contributed by atoms with Gasteiger partial charge in [0.05, 0.1) is 5.69 Å². The molecule has 6 heteroatoms. The molecule has 2 aromatic rings. The first-order chi connectivity index (χ1) is 11.5. The number of hydrogen-bond acceptors (Lipinski definition) is 3. The molecule has 1 amide bonds. The minimum Gasteiger partial charge on any atom is -0.396 e. The standard InChI is InChI=1S/C18H22FN3O2/c1-12-6-7-14(11-23)10-21(12)18(24)17-8-13(2)22(20-17)16-5-3-4-15(19)9-16/h3-5,8-9,12,14,23H,6-7,10-11H2,1-2H3. The van der Waals surface area contributed by atoms with E-state index in [1.807, 2.05) is 13.8 Å². The lowest BCUT2D eigenvalue weighted by molar-refractivity contribution is 0.0483. The van der Waals surface area contributed by atoms with Crippen LogP contribution in [0.5, 0.6) is 0 Å². The van der Waals surface area contributed by atoms with Gasteiger partial charge in [-0.1, -0.05) is 6.07 Å². The molecule has 1 fully saturated rings. The van der Waals surface area contributed by atoms with Crippen molar-refractivity contribution in [1.82, 2.24) is 14.7 Å². The monoisotopic (exact) mass is 331 g/mol. The molecular weight excluding hydrogens is 309 g/mol. The molecule has 1 aliphatic rings. The van der Waals surface area contributed by atoms with Crippen LogP contribution < -0.4 is 0 Å². The van der Waals surface area contributed by atoms with Gasteiger partial charge in [0.1, 0.15) is 5.82 Å². The predicted molar refractivity (Wildman–Crippen MR) is 88.6 cm³/mol. The second kappa shape index (κ2) is 6.73. The molecule has 0 bridgehead atoms. The van der Waals surface area contributed by atoms with Gasteiger partial charge in [-0.2, -0.15) is 5.10 Å². The lowest BCUT2D eigenvalue weighted by Crippen LogP contribution is -2.46. The number of aromatic nitrogens is 2. The number of aryl methyl sites for hydroxylation is 1. The average Bonchev–Trinajstić information content (AvgIpc) is 2.96. The van der Waals surface area contributed by atoms with E-state index in [0.717, 1.165) is 18.5 Å². The number of benzene rings is 1. The van der Waals surface area contributed by atoms with Gasteiger partial charge in [-0.05, 0) is 56.9 Å². The maximum absolute atomic E-state index is 13.4. The fourth-order valence-corrected chi connectivity index (χ4v) is 3.21. The molecule has 5 nitrogen and oxygen atoms in total. The van der Waals surface area contributed by atoms with Gasteiger partial charge in [0.15, 0.2) is 5.69 Å². The highest BCUT2D eigenvalue weighted by Gasteiger charge is 2.30. The Kier molecular flexibility index (Phi) is 4.66. The molecule has 0 saturated carbocycles. The molecule has 1 saturated heterocycles. The van der Waals surface area contributed by atoms with Crippen molar-refractivity contribution < 1.29 is 14.3 Å². The molecule has 1 N–H and O–H groups in total.